The summed E-state index contributed by atoms with van der Waals surface area (Å²) in [5, 5.41) is 13.3. The Balaban J connectivity index is 2.79. The zero-order valence-electron chi connectivity index (χ0n) is 12.1. The van der Waals surface area contributed by atoms with Crippen LogP contribution < -0.4 is 11.1 Å². The van der Waals surface area contributed by atoms with Gasteiger partial charge in [-0.3, -0.25) is 19.7 Å². The van der Waals surface area contributed by atoms with E-state index in [9.17, 15) is 24.1 Å². The second-order valence-corrected chi connectivity index (χ2v) is 5.26. The summed E-state index contributed by atoms with van der Waals surface area (Å²) in [6.45, 7) is 3.17. The molecule has 0 aliphatic rings. The third kappa shape index (κ3) is 4.65. The molecule has 1 aromatic rings. The molecule has 3 N–H and O–H groups in total. The van der Waals surface area contributed by atoms with Gasteiger partial charge < -0.3 is 11.1 Å². The average molecular weight is 309 g/mol. The van der Waals surface area contributed by atoms with Crippen molar-refractivity contribution in [2.75, 3.05) is 6.54 Å². The predicted octanol–water partition coefficient (Wildman–Crippen LogP) is 1.37. The Kier molecular flexibility index (Phi) is 5.33. The summed E-state index contributed by atoms with van der Waals surface area (Å²) >= 11 is 0. The fourth-order valence-electron chi connectivity index (χ4n) is 1.44. The molecule has 0 heterocycles. The first-order valence-corrected chi connectivity index (χ1v) is 6.33. The number of nitrogens with two attached hydrogens (primary N) is 1. The Labute approximate surface area is 126 Å². The van der Waals surface area contributed by atoms with E-state index in [1.165, 1.54) is 12.1 Å². The number of primary amides is 1. The summed E-state index contributed by atoms with van der Waals surface area (Å²) in [6.07, 6.45) is 2.27. The van der Waals surface area contributed by atoms with Crippen LogP contribution in [0.1, 0.15) is 19.4 Å². The molecule has 0 spiro atoms. The second kappa shape index (κ2) is 6.79. The SMILES string of the molecule is CC(C)(CNC(=O)C=Cc1ccc(F)cc1[N+](=O)[O-])C(N)=O. The number of carbonyl (C=O) groups is 2. The molecule has 0 unspecified atom stereocenters. The summed E-state index contributed by atoms with van der Waals surface area (Å²) in [4.78, 5) is 32.8. The first kappa shape index (κ1) is 17.3. The van der Waals surface area contributed by atoms with E-state index in [1.807, 2.05) is 0 Å². The van der Waals surface area contributed by atoms with Crippen LogP contribution in [0.4, 0.5) is 10.1 Å². The molecule has 0 saturated carbocycles. The summed E-state index contributed by atoms with van der Waals surface area (Å²) in [5.74, 6) is -1.85. The van der Waals surface area contributed by atoms with Crippen LogP contribution in [-0.4, -0.2) is 23.3 Å². The lowest BCUT2D eigenvalue weighted by molar-refractivity contribution is -0.385. The fourth-order valence-corrected chi connectivity index (χ4v) is 1.44. The lowest BCUT2D eigenvalue weighted by Gasteiger charge is -2.19. The number of hydrogen-bond acceptors (Lipinski definition) is 4. The summed E-state index contributed by atoms with van der Waals surface area (Å²) in [6, 6.07) is 3.03. The maximum Gasteiger partial charge on any atom is 0.279 e. The molecule has 7 nitrogen and oxygen atoms in total. The third-order valence-electron chi connectivity index (χ3n) is 2.98. The van der Waals surface area contributed by atoms with Gasteiger partial charge in [0, 0.05) is 12.6 Å². The largest absolute Gasteiger partial charge is 0.369 e. The van der Waals surface area contributed by atoms with Gasteiger partial charge in [0.15, 0.2) is 0 Å². The smallest absolute Gasteiger partial charge is 0.279 e. The number of carbonyl (C=O) groups excluding carboxylic acids is 2. The minimum atomic E-state index is -0.911. The van der Waals surface area contributed by atoms with Crippen molar-refractivity contribution in [1.82, 2.24) is 5.32 Å². The van der Waals surface area contributed by atoms with Crippen LogP contribution in [0.25, 0.3) is 6.08 Å². The molecule has 8 heteroatoms. The molecule has 22 heavy (non-hydrogen) atoms. The van der Waals surface area contributed by atoms with E-state index in [0.29, 0.717) is 0 Å². The molecular formula is C14H16FN3O4. The second-order valence-electron chi connectivity index (χ2n) is 5.26. The molecule has 1 rings (SSSR count). The standard InChI is InChI=1S/C14H16FN3O4/c1-14(2,13(16)20)8-17-12(19)6-4-9-3-5-10(15)7-11(9)18(21)22/h3-7H,8H2,1-2H3,(H2,16,20)(H,17,19). The third-order valence-corrected chi connectivity index (χ3v) is 2.98. The monoisotopic (exact) mass is 309 g/mol. The van der Waals surface area contributed by atoms with Crippen molar-refractivity contribution in [3.05, 3.63) is 45.8 Å². The highest BCUT2D eigenvalue weighted by Gasteiger charge is 2.25. The summed E-state index contributed by atoms with van der Waals surface area (Å²) in [5.41, 5.74) is 3.91. The predicted molar refractivity (Wildman–Crippen MR) is 78.1 cm³/mol. The minimum absolute atomic E-state index is 0.0248. The number of nitro benzene ring substituents is 1. The number of nitrogens with one attached hydrogen (secondary N) is 1. The van der Waals surface area contributed by atoms with Gasteiger partial charge >= 0.3 is 0 Å². The zero-order valence-corrected chi connectivity index (χ0v) is 12.1. The van der Waals surface area contributed by atoms with Gasteiger partial charge in [-0.25, -0.2) is 4.39 Å². The average Bonchev–Trinajstić information content (AvgIpc) is 2.43. The van der Waals surface area contributed by atoms with Crippen LogP contribution in [0.5, 0.6) is 0 Å². The maximum absolute atomic E-state index is 13.0. The van der Waals surface area contributed by atoms with Crippen LogP contribution >= 0.6 is 0 Å². The van der Waals surface area contributed by atoms with Gasteiger partial charge in [-0.2, -0.15) is 0 Å². The zero-order chi connectivity index (χ0) is 16.9. The number of amides is 2. The van der Waals surface area contributed by atoms with Crippen molar-refractivity contribution in [3.63, 3.8) is 0 Å². The van der Waals surface area contributed by atoms with Gasteiger partial charge in [0.1, 0.15) is 5.82 Å². The van der Waals surface area contributed by atoms with E-state index in [1.54, 1.807) is 13.8 Å². The van der Waals surface area contributed by atoms with Gasteiger partial charge in [0.05, 0.1) is 22.0 Å². The normalized spacial score (nSPS) is 11.4. The van der Waals surface area contributed by atoms with E-state index in [2.05, 4.69) is 5.32 Å². The number of halogens is 1. The Morgan fingerprint density at radius 1 is 1.45 bits per heavy atom. The fraction of sp³-hybridized carbons (Fsp3) is 0.286. The first-order valence-electron chi connectivity index (χ1n) is 6.33. The van der Waals surface area contributed by atoms with Crippen molar-refractivity contribution in [2.24, 2.45) is 11.1 Å². The van der Waals surface area contributed by atoms with Crippen LogP contribution in [0.2, 0.25) is 0 Å². The van der Waals surface area contributed by atoms with Gasteiger partial charge in [0.2, 0.25) is 11.8 Å². The van der Waals surface area contributed by atoms with Crippen molar-refractivity contribution in [1.29, 1.82) is 0 Å². The number of nitro groups is 1. The molecule has 0 aliphatic carbocycles. The molecule has 0 bridgehead atoms. The lowest BCUT2D eigenvalue weighted by atomic mass is 9.93. The summed E-state index contributed by atoms with van der Waals surface area (Å²) < 4.78 is 13.0. The molecule has 0 radical (unpaired) electrons. The topological polar surface area (TPSA) is 115 Å². The van der Waals surface area contributed by atoms with E-state index in [-0.39, 0.29) is 12.1 Å². The Morgan fingerprint density at radius 2 is 2.09 bits per heavy atom. The molecule has 0 fully saturated rings. The quantitative estimate of drug-likeness (QED) is 0.469. The Bertz CT molecular complexity index is 641. The Hall–Kier alpha value is -2.77. The van der Waals surface area contributed by atoms with Crippen LogP contribution in [0, 0.1) is 21.3 Å². The summed E-state index contributed by atoms with van der Waals surface area (Å²) in [7, 11) is 0. The van der Waals surface area contributed by atoms with Gasteiger partial charge in [-0.1, -0.05) is 0 Å². The van der Waals surface area contributed by atoms with Gasteiger partial charge in [-0.15, -0.1) is 0 Å². The molecular weight excluding hydrogens is 293 g/mol. The van der Waals surface area contributed by atoms with Crippen LogP contribution in [0.3, 0.4) is 0 Å². The highest BCUT2D eigenvalue weighted by molar-refractivity contribution is 5.92. The van der Waals surface area contributed by atoms with E-state index in [4.69, 9.17) is 5.73 Å². The molecule has 2 amide bonds. The molecule has 0 atom stereocenters. The van der Waals surface area contributed by atoms with Crippen molar-refractivity contribution in [2.45, 2.75) is 13.8 Å². The number of benzene rings is 1. The highest BCUT2D eigenvalue weighted by atomic mass is 19.1. The van der Waals surface area contributed by atoms with Crippen LogP contribution in [0.15, 0.2) is 24.3 Å². The molecule has 118 valence electrons. The number of nitrogens with zero attached hydrogens (tertiary/aromatic N) is 1. The maximum atomic E-state index is 13.0. The lowest BCUT2D eigenvalue weighted by Crippen LogP contribution is -2.41. The van der Waals surface area contributed by atoms with E-state index >= 15 is 0 Å². The number of hydrogen-bond donors (Lipinski definition) is 2. The van der Waals surface area contributed by atoms with Crippen molar-refractivity contribution < 1.29 is 18.9 Å². The van der Waals surface area contributed by atoms with Crippen molar-refractivity contribution >= 4 is 23.6 Å². The first-order chi connectivity index (χ1) is 10.1. The van der Waals surface area contributed by atoms with Crippen LogP contribution in [-0.2, 0) is 9.59 Å². The van der Waals surface area contributed by atoms with Gasteiger partial charge in [0.25, 0.3) is 5.69 Å². The molecule has 0 saturated heterocycles. The molecule has 0 aliphatic heterocycles. The van der Waals surface area contributed by atoms with Gasteiger partial charge in [-0.05, 0) is 32.1 Å². The van der Waals surface area contributed by atoms with E-state index in [0.717, 1.165) is 18.2 Å². The Morgan fingerprint density at radius 3 is 2.64 bits per heavy atom. The van der Waals surface area contributed by atoms with Crippen molar-refractivity contribution in [3.8, 4) is 0 Å². The molecule has 0 aromatic heterocycles. The number of rotatable bonds is 6. The van der Waals surface area contributed by atoms with E-state index < -0.39 is 33.7 Å². The minimum Gasteiger partial charge on any atom is -0.369 e. The molecule has 1 aromatic carbocycles. The highest BCUT2D eigenvalue weighted by Crippen LogP contribution is 2.21.